The Morgan fingerprint density at radius 3 is 2.54 bits per heavy atom. The molecule has 9 nitrogen and oxygen atoms in total. The summed E-state index contributed by atoms with van der Waals surface area (Å²) in [6.07, 6.45) is 2.96. The Bertz CT molecular complexity index is 1190. The molecule has 0 aliphatic rings. The largest absolute Gasteiger partial charge is 0.497 e. The van der Waals surface area contributed by atoms with Crippen molar-refractivity contribution >= 4 is 22.6 Å². The van der Waals surface area contributed by atoms with Gasteiger partial charge in [-0.3, -0.25) is 9.36 Å². The fourth-order valence-electron chi connectivity index (χ4n) is 2.69. The molecule has 0 radical (unpaired) electrons. The van der Waals surface area contributed by atoms with Gasteiger partial charge in [-0.25, -0.2) is 9.31 Å². The van der Waals surface area contributed by atoms with Gasteiger partial charge in [0.2, 0.25) is 0 Å². The average Bonchev–Trinajstić information content (AvgIpc) is 3.12. The lowest BCUT2D eigenvalue weighted by molar-refractivity contribution is 0.0602. The lowest BCUT2D eigenvalue weighted by Gasteiger charge is -2.08. The summed E-state index contributed by atoms with van der Waals surface area (Å²) in [5, 5.41) is 12.1. The number of pyridine rings is 1. The van der Waals surface area contributed by atoms with Crippen molar-refractivity contribution in [1.29, 1.82) is 0 Å². The smallest absolute Gasteiger partial charge is 0.343 e. The van der Waals surface area contributed by atoms with E-state index in [4.69, 9.17) is 9.47 Å². The number of fused-ring (bicyclic) bond motifs is 3. The maximum Gasteiger partial charge on any atom is 0.343 e. The lowest BCUT2D eigenvalue weighted by Crippen LogP contribution is -2.20. The first-order valence-corrected chi connectivity index (χ1v) is 7.62. The molecular formula is C17H13N5O4. The van der Waals surface area contributed by atoms with Gasteiger partial charge in [0.1, 0.15) is 16.8 Å². The third-order valence-electron chi connectivity index (χ3n) is 4.02. The number of hydrogen-bond acceptors (Lipinski definition) is 7. The number of nitrogens with zero attached hydrogens (tertiary/aromatic N) is 5. The molecule has 0 aliphatic heterocycles. The molecular weight excluding hydrogens is 338 g/mol. The molecule has 0 saturated carbocycles. The highest BCUT2D eigenvalue weighted by Gasteiger charge is 2.18. The van der Waals surface area contributed by atoms with Crippen LogP contribution < -0.4 is 10.3 Å². The molecule has 4 rings (SSSR count). The zero-order valence-corrected chi connectivity index (χ0v) is 13.9. The van der Waals surface area contributed by atoms with E-state index >= 15 is 0 Å². The highest BCUT2D eigenvalue weighted by molar-refractivity contribution is 5.96. The second kappa shape index (κ2) is 5.96. The van der Waals surface area contributed by atoms with Gasteiger partial charge in [0.15, 0.2) is 11.2 Å². The summed E-state index contributed by atoms with van der Waals surface area (Å²) in [6, 6.07) is 8.74. The SMILES string of the molecule is COC(=O)c1cnn2c1nnc1c(=O)n(-c3ccc(OC)cc3)ccc12. The van der Waals surface area contributed by atoms with Crippen LogP contribution in [0.1, 0.15) is 10.4 Å². The third-order valence-corrected chi connectivity index (χ3v) is 4.02. The molecule has 0 bridgehead atoms. The second-order valence-corrected chi connectivity index (χ2v) is 5.41. The fourth-order valence-corrected chi connectivity index (χ4v) is 2.69. The summed E-state index contributed by atoms with van der Waals surface area (Å²) < 4.78 is 12.7. The van der Waals surface area contributed by atoms with E-state index in [-0.39, 0.29) is 22.3 Å². The minimum Gasteiger partial charge on any atom is -0.497 e. The van der Waals surface area contributed by atoms with E-state index in [2.05, 4.69) is 15.3 Å². The van der Waals surface area contributed by atoms with E-state index in [0.717, 1.165) is 0 Å². The molecule has 0 amide bonds. The first-order valence-electron chi connectivity index (χ1n) is 7.62. The molecule has 0 saturated heterocycles. The van der Waals surface area contributed by atoms with Gasteiger partial charge in [0, 0.05) is 11.9 Å². The summed E-state index contributed by atoms with van der Waals surface area (Å²) in [7, 11) is 2.85. The summed E-state index contributed by atoms with van der Waals surface area (Å²) in [4.78, 5) is 24.6. The minimum absolute atomic E-state index is 0.135. The maximum absolute atomic E-state index is 12.8. The Balaban J connectivity index is 1.92. The van der Waals surface area contributed by atoms with E-state index in [1.54, 1.807) is 43.6 Å². The first kappa shape index (κ1) is 15.8. The Labute approximate surface area is 146 Å². The van der Waals surface area contributed by atoms with E-state index in [1.165, 1.54) is 22.4 Å². The molecule has 3 aromatic heterocycles. The van der Waals surface area contributed by atoms with Gasteiger partial charge < -0.3 is 9.47 Å². The van der Waals surface area contributed by atoms with Crippen LogP contribution in [0.3, 0.4) is 0 Å². The summed E-state index contributed by atoms with van der Waals surface area (Å²) >= 11 is 0. The zero-order valence-electron chi connectivity index (χ0n) is 13.9. The fraction of sp³-hybridized carbons (Fsp3) is 0.118. The van der Waals surface area contributed by atoms with Crippen LogP contribution in [0.2, 0.25) is 0 Å². The number of ether oxygens (including phenoxy) is 2. The Morgan fingerprint density at radius 2 is 1.85 bits per heavy atom. The van der Waals surface area contributed by atoms with E-state index in [9.17, 15) is 9.59 Å². The topological polar surface area (TPSA) is 101 Å². The van der Waals surface area contributed by atoms with Gasteiger partial charge in [-0.05, 0) is 30.3 Å². The highest BCUT2D eigenvalue weighted by Crippen LogP contribution is 2.17. The molecule has 9 heteroatoms. The Kier molecular flexibility index (Phi) is 3.61. The van der Waals surface area contributed by atoms with Crippen molar-refractivity contribution in [1.82, 2.24) is 24.4 Å². The predicted molar refractivity (Wildman–Crippen MR) is 91.8 cm³/mol. The maximum atomic E-state index is 12.8. The summed E-state index contributed by atoms with van der Waals surface area (Å²) in [5.74, 6) is 0.121. The number of hydrogen-bond donors (Lipinski definition) is 0. The van der Waals surface area contributed by atoms with Crippen molar-refractivity contribution in [2.45, 2.75) is 0 Å². The van der Waals surface area contributed by atoms with E-state index in [0.29, 0.717) is 17.0 Å². The second-order valence-electron chi connectivity index (χ2n) is 5.41. The van der Waals surface area contributed by atoms with Crippen LogP contribution in [0.5, 0.6) is 5.75 Å². The van der Waals surface area contributed by atoms with Crippen molar-refractivity contribution in [3.63, 3.8) is 0 Å². The van der Waals surface area contributed by atoms with Crippen molar-refractivity contribution in [2.75, 3.05) is 14.2 Å². The third kappa shape index (κ3) is 2.29. The van der Waals surface area contributed by atoms with Crippen molar-refractivity contribution < 1.29 is 14.3 Å². The number of methoxy groups -OCH3 is 2. The predicted octanol–water partition coefficient (Wildman–Crippen LogP) is 1.22. The van der Waals surface area contributed by atoms with Gasteiger partial charge >= 0.3 is 5.97 Å². The molecule has 0 N–H and O–H groups in total. The molecule has 26 heavy (non-hydrogen) atoms. The molecule has 0 aliphatic carbocycles. The van der Waals surface area contributed by atoms with Crippen LogP contribution in [0.15, 0.2) is 47.5 Å². The van der Waals surface area contributed by atoms with E-state index < -0.39 is 5.97 Å². The molecule has 4 aromatic rings. The van der Waals surface area contributed by atoms with Gasteiger partial charge in [-0.15, -0.1) is 10.2 Å². The minimum atomic E-state index is -0.569. The molecule has 130 valence electrons. The van der Waals surface area contributed by atoms with Gasteiger partial charge in [0.25, 0.3) is 5.56 Å². The first-order chi connectivity index (χ1) is 12.6. The number of esters is 1. The number of carbonyl (C=O) groups excluding carboxylic acids is 1. The van der Waals surface area contributed by atoms with E-state index in [1.807, 2.05) is 0 Å². The van der Waals surface area contributed by atoms with Crippen molar-refractivity contribution in [3.8, 4) is 11.4 Å². The molecule has 1 aromatic carbocycles. The molecule has 0 fully saturated rings. The molecule has 0 unspecified atom stereocenters. The molecule has 3 heterocycles. The monoisotopic (exact) mass is 351 g/mol. The van der Waals surface area contributed by atoms with Gasteiger partial charge in [0.05, 0.1) is 20.4 Å². The summed E-state index contributed by atoms with van der Waals surface area (Å²) in [6.45, 7) is 0. The number of aromatic nitrogens is 5. The van der Waals surface area contributed by atoms with Crippen LogP contribution in [0.25, 0.3) is 22.4 Å². The average molecular weight is 351 g/mol. The lowest BCUT2D eigenvalue weighted by atomic mass is 10.3. The number of carbonyl (C=O) groups is 1. The Hall–Kier alpha value is -3.75. The van der Waals surface area contributed by atoms with Gasteiger partial charge in [-0.2, -0.15) is 5.10 Å². The number of rotatable bonds is 3. The molecule has 0 atom stereocenters. The quantitative estimate of drug-likeness (QED) is 0.512. The van der Waals surface area contributed by atoms with Crippen LogP contribution in [-0.4, -0.2) is 44.6 Å². The van der Waals surface area contributed by atoms with Crippen LogP contribution >= 0.6 is 0 Å². The normalized spacial score (nSPS) is 11.0. The Morgan fingerprint density at radius 1 is 1.08 bits per heavy atom. The van der Waals surface area contributed by atoms with Crippen LogP contribution in [-0.2, 0) is 4.74 Å². The highest BCUT2D eigenvalue weighted by atomic mass is 16.5. The van der Waals surface area contributed by atoms with Crippen LogP contribution in [0.4, 0.5) is 0 Å². The van der Waals surface area contributed by atoms with Gasteiger partial charge in [-0.1, -0.05) is 0 Å². The number of benzene rings is 1. The van der Waals surface area contributed by atoms with Crippen molar-refractivity contribution in [2.24, 2.45) is 0 Å². The summed E-state index contributed by atoms with van der Waals surface area (Å²) in [5.41, 5.74) is 1.30. The standard InChI is InChI=1S/C17H13N5O4/c1-25-11-5-3-10(4-6-11)21-8-7-13-14(16(21)23)19-20-15-12(17(24)26-2)9-18-22(13)15/h3-9H,1-2H3. The molecule has 0 spiro atoms. The van der Waals surface area contributed by atoms with Crippen LogP contribution in [0, 0.1) is 0 Å². The zero-order chi connectivity index (χ0) is 18.3. The van der Waals surface area contributed by atoms with Crippen molar-refractivity contribution in [3.05, 3.63) is 58.6 Å².